The second-order valence-corrected chi connectivity index (χ2v) is 4.47. The maximum absolute atomic E-state index is 5.82. The van der Waals surface area contributed by atoms with E-state index in [1.54, 1.807) is 0 Å². The minimum absolute atomic E-state index is 0.195. The van der Waals surface area contributed by atoms with E-state index < -0.39 is 0 Å². The van der Waals surface area contributed by atoms with Crippen molar-refractivity contribution in [2.75, 3.05) is 30.3 Å². The summed E-state index contributed by atoms with van der Waals surface area (Å²) in [5.74, 6) is 1.00. The van der Waals surface area contributed by atoms with E-state index in [-0.39, 0.29) is 5.28 Å². The minimum atomic E-state index is 0.195. The summed E-state index contributed by atoms with van der Waals surface area (Å²) < 4.78 is 5.55. The number of nitrogens with one attached hydrogen (secondary N) is 2. The number of nitrogens with zero attached hydrogens (tertiary/aromatic N) is 3. The van der Waals surface area contributed by atoms with E-state index in [2.05, 4.69) is 25.6 Å². The highest BCUT2D eigenvalue weighted by Crippen LogP contribution is 2.15. The van der Waals surface area contributed by atoms with E-state index in [0.29, 0.717) is 18.0 Å². The first-order valence-electron chi connectivity index (χ1n) is 6.29. The van der Waals surface area contributed by atoms with Crippen LogP contribution in [0, 0.1) is 0 Å². The molecule has 2 rings (SSSR count). The van der Waals surface area contributed by atoms with Crippen LogP contribution in [0.1, 0.15) is 26.2 Å². The lowest BCUT2D eigenvalue weighted by Gasteiger charge is -2.10. The number of aromatic nitrogens is 3. The molecule has 0 aliphatic carbocycles. The molecule has 1 aromatic heterocycles. The third-order valence-corrected chi connectivity index (χ3v) is 2.89. The molecule has 1 atom stereocenters. The SMILES string of the molecule is CCNc1nc(Cl)nc(NCCC2CCCO2)n1. The zero-order valence-corrected chi connectivity index (χ0v) is 11.2. The number of rotatable bonds is 6. The fourth-order valence-electron chi connectivity index (χ4n) is 1.88. The van der Waals surface area contributed by atoms with Crippen LogP contribution in [0.3, 0.4) is 0 Å². The molecule has 100 valence electrons. The third-order valence-electron chi connectivity index (χ3n) is 2.72. The summed E-state index contributed by atoms with van der Waals surface area (Å²) in [6.45, 7) is 4.38. The van der Waals surface area contributed by atoms with Crippen LogP contribution in [0.15, 0.2) is 0 Å². The Hall–Kier alpha value is -1.14. The van der Waals surface area contributed by atoms with Gasteiger partial charge in [-0.25, -0.2) is 0 Å². The fraction of sp³-hybridized carbons (Fsp3) is 0.727. The summed E-state index contributed by atoms with van der Waals surface area (Å²) in [5, 5.41) is 6.35. The van der Waals surface area contributed by atoms with Crippen molar-refractivity contribution in [3.8, 4) is 0 Å². The van der Waals surface area contributed by atoms with Crippen LogP contribution in [0.25, 0.3) is 0 Å². The Kier molecular flexibility index (Phi) is 4.95. The molecular formula is C11H18ClN5O. The highest BCUT2D eigenvalue weighted by Gasteiger charge is 2.14. The predicted octanol–water partition coefficient (Wildman–Crippen LogP) is 1.94. The van der Waals surface area contributed by atoms with E-state index >= 15 is 0 Å². The van der Waals surface area contributed by atoms with Gasteiger partial charge < -0.3 is 15.4 Å². The number of anilines is 2. The van der Waals surface area contributed by atoms with E-state index in [9.17, 15) is 0 Å². The van der Waals surface area contributed by atoms with Gasteiger partial charge in [0, 0.05) is 19.7 Å². The highest BCUT2D eigenvalue weighted by atomic mass is 35.5. The van der Waals surface area contributed by atoms with E-state index in [1.807, 2.05) is 6.92 Å². The summed E-state index contributed by atoms with van der Waals surface area (Å²) >= 11 is 5.82. The van der Waals surface area contributed by atoms with Gasteiger partial charge in [0.15, 0.2) is 0 Å². The van der Waals surface area contributed by atoms with Gasteiger partial charge in [0.05, 0.1) is 6.10 Å². The van der Waals surface area contributed by atoms with Crippen molar-refractivity contribution in [1.29, 1.82) is 0 Å². The second-order valence-electron chi connectivity index (χ2n) is 4.13. The molecule has 1 aliphatic rings. The lowest BCUT2D eigenvalue weighted by atomic mass is 10.2. The van der Waals surface area contributed by atoms with Crippen molar-refractivity contribution >= 4 is 23.5 Å². The molecule has 1 unspecified atom stereocenters. The molecule has 7 heteroatoms. The molecule has 1 saturated heterocycles. The Bertz CT molecular complexity index is 384. The molecule has 1 aromatic rings. The topological polar surface area (TPSA) is 72.0 Å². The Morgan fingerprint density at radius 1 is 1.28 bits per heavy atom. The number of halogens is 1. The number of hydrogen-bond donors (Lipinski definition) is 2. The van der Waals surface area contributed by atoms with Crippen LogP contribution in [0.4, 0.5) is 11.9 Å². The van der Waals surface area contributed by atoms with Gasteiger partial charge in [0.25, 0.3) is 0 Å². The Balaban J connectivity index is 1.83. The summed E-state index contributed by atoms with van der Waals surface area (Å²) in [5.41, 5.74) is 0. The molecule has 1 fully saturated rings. The van der Waals surface area contributed by atoms with Gasteiger partial charge in [0.1, 0.15) is 0 Å². The summed E-state index contributed by atoms with van der Waals surface area (Å²) in [6, 6.07) is 0. The van der Waals surface area contributed by atoms with Crippen LogP contribution in [0.2, 0.25) is 5.28 Å². The van der Waals surface area contributed by atoms with Gasteiger partial charge in [-0.15, -0.1) is 0 Å². The summed E-state index contributed by atoms with van der Waals surface area (Å²) in [7, 11) is 0. The van der Waals surface area contributed by atoms with Gasteiger partial charge in [-0.05, 0) is 37.8 Å². The maximum atomic E-state index is 5.82. The first-order valence-corrected chi connectivity index (χ1v) is 6.66. The maximum Gasteiger partial charge on any atom is 0.228 e. The van der Waals surface area contributed by atoms with Crippen LogP contribution in [-0.2, 0) is 4.74 Å². The molecule has 0 bridgehead atoms. The largest absolute Gasteiger partial charge is 0.378 e. The van der Waals surface area contributed by atoms with Crippen LogP contribution in [0.5, 0.6) is 0 Å². The molecule has 1 aliphatic heterocycles. The Labute approximate surface area is 112 Å². The first-order chi connectivity index (χ1) is 8.78. The zero-order chi connectivity index (χ0) is 12.8. The van der Waals surface area contributed by atoms with E-state index in [1.165, 1.54) is 0 Å². The lowest BCUT2D eigenvalue weighted by molar-refractivity contribution is 0.107. The van der Waals surface area contributed by atoms with Crippen LogP contribution >= 0.6 is 11.6 Å². The molecule has 0 spiro atoms. The second kappa shape index (κ2) is 6.70. The third kappa shape index (κ3) is 3.96. The van der Waals surface area contributed by atoms with E-state index in [0.717, 1.165) is 39.0 Å². The molecule has 0 radical (unpaired) electrons. The van der Waals surface area contributed by atoms with Gasteiger partial charge in [-0.3, -0.25) is 0 Å². The molecule has 0 saturated carbocycles. The minimum Gasteiger partial charge on any atom is -0.378 e. The van der Waals surface area contributed by atoms with Gasteiger partial charge in [-0.2, -0.15) is 15.0 Å². The van der Waals surface area contributed by atoms with Crippen LogP contribution < -0.4 is 10.6 Å². The fourth-order valence-corrected chi connectivity index (χ4v) is 2.04. The Morgan fingerprint density at radius 2 is 2.06 bits per heavy atom. The molecule has 2 N–H and O–H groups in total. The normalized spacial score (nSPS) is 18.9. The van der Waals surface area contributed by atoms with Crippen molar-refractivity contribution < 1.29 is 4.74 Å². The van der Waals surface area contributed by atoms with E-state index in [4.69, 9.17) is 16.3 Å². The highest BCUT2D eigenvalue weighted by molar-refractivity contribution is 6.28. The van der Waals surface area contributed by atoms with Crippen molar-refractivity contribution in [2.24, 2.45) is 0 Å². The monoisotopic (exact) mass is 271 g/mol. The lowest BCUT2D eigenvalue weighted by Crippen LogP contribution is -2.15. The van der Waals surface area contributed by atoms with Crippen molar-refractivity contribution in [3.63, 3.8) is 0 Å². The van der Waals surface area contributed by atoms with Crippen molar-refractivity contribution in [3.05, 3.63) is 5.28 Å². The molecule has 2 heterocycles. The molecule has 0 aromatic carbocycles. The van der Waals surface area contributed by atoms with Crippen molar-refractivity contribution in [1.82, 2.24) is 15.0 Å². The molecular weight excluding hydrogens is 254 g/mol. The van der Waals surface area contributed by atoms with Gasteiger partial charge >= 0.3 is 0 Å². The summed E-state index contributed by atoms with van der Waals surface area (Å²) in [4.78, 5) is 12.2. The average Bonchev–Trinajstić information content (AvgIpc) is 2.82. The Morgan fingerprint density at radius 3 is 2.72 bits per heavy atom. The smallest absolute Gasteiger partial charge is 0.228 e. The first kappa shape index (κ1) is 13.3. The standard InChI is InChI=1S/C11H18ClN5O/c1-2-13-10-15-9(12)16-11(17-10)14-6-5-8-4-3-7-18-8/h8H,2-7H2,1H3,(H2,13,14,15,16,17). The number of ether oxygens (including phenoxy) is 1. The zero-order valence-electron chi connectivity index (χ0n) is 10.4. The van der Waals surface area contributed by atoms with Gasteiger partial charge in [0.2, 0.25) is 17.2 Å². The molecule has 0 amide bonds. The van der Waals surface area contributed by atoms with Gasteiger partial charge in [-0.1, -0.05) is 0 Å². The predicted molar refractivity (Wildman–Crippen MR) is 71.1 cm³/mol. The number of hydrogen-bond acceptors (Lipinski definition) is 6. The average molecular weight is 272 g/mol. The molecule has 18 heavy (non-hydrogen) atoms. The summed E-state index contributed by atoms with van der Waals surface area (Å²) in [6.07, 6.45) is 3.62. The quantitative estimate of drug-likeness (QED) is 0.824. The molecule has 6 nitrogen and oxygen atoms in total. The van der Waals surface area contributed by atoms with Crippen molar-refractivity contribution in [2.45, 2.75) is 32.3 Å². The van der Waals surface area contributed by atoms with Crippen LogP contribution in [-0.4, -0.2) is 40.8 Å².